The Morgan fingerprint density at radius 2 is 1.87 bits per heavy atom. The van der Waals surface area contributed by atoms with Crippen LogP contribution in [0, 0.1) is 6.92 Å². The number of hydrogen-bond acceptors (Lipinski definition) is 3. The Morgan fingerprint density at radius 3 is 2.70 bits per heavy atom. The lowest BCUT2D eigenvalue weighted by molar-refractivity contribution is -0.127. The summed E-state index contributed by atoms with van der Waals surface area (Å²) < 4.78 is 6.27. The van der Waals surface area contributed by atoms with Gasteiger partial charge in [0, 0.05) is 31.6 Å². The predicted molar refractivity (Wildman–Crippen MR) is 122 cm³/mol. The average Bonchev–Trinajstić information content (AvgIpc) is 3.18. The number of hydrogen-bond donors (Lipinski definition) is 1. The summed E-state index contributed by atoms with van der Waals surface area (Å²) in [5.74, 6) is 1.23. The van der Waals surface area contributed by atoms with Crippen LogP contribution in [0.1, 0.15) is 36.0 Å². The highest BCUT2D eigenvalue weighted by Crippen LogP contribution is 2.29. The molecule has 1 fully saturated rings. The molecule has 1 amide bonds. The molecule has 4 nitrogen and oxygen atoms in total. The molecule has 0 aromatic heterocycles. The molecule has 3 aromatic rings. The van der Waals surface area contributed by atoms with Crippen molar-refractivity contribution in [3.8, 4) is 5.75 Å². The zero-order valence-corrected chi connectivity index (χ0v) is 17.7. The number of carbonyl (C=O) groups is 1. The van der Waals surface area contributed by atoms with E-state index in [0.29, 0.717) is 18.9 Å². The monoisotopic (exact) mass is 402 g/mol. The van der Waals surface area contributed by atoms with Crippen LogP contribution in [0.3, 0.4) is 0 Å². The molecule has 0 bridgehead atoms. The van der Waals surface area contributed by atoms with E-state index in [1.54, 1.807) is 0 Å². The number of amides is 1. The third kappa shape index (κ3) is 4.82. The van der Waals surface area contributed by atoms with E-state index in [9.17, 15) is 4.79 Å². The topological polar surface area (TPSA) is 41.6 Å². The van der Waals surface area contributed by atoms with Crippen molar-refractivity contribution < 1.29 is 9.53 Å². The Kier molecular flexibility index (Phi) is 6.65. The van der Waals surface area contributed by atoms with Crippen molar-refractivity contribution in [2.24, 2.45) is 0 Å². The molecule has 0 saturated carbocycles. The van der Waals surface area contributed by atoms with Gasteiger partial charge in [-0.1, -0.05) is 54.6 Å². The van der Waals surface area contributed by atoms with E-state index in [2.05, 4.69) is 72.9 Å². The van der Waals surface area contributed by atoms with Crippen molar-refractivity contribution in [1.82, 2.24) is 10.2 Å². The van der Waals surface area contributed by atoms with Crippen LogP contribution >= 0.6 is 0 Å². The second-order valence-electron chi connectivity index (χ2n) is 7.99. The van der Waals surface area contributed by atoms with Gasteiger partial charge in [-0.05, 0) is 54.3 Å². The minimum Gasteiger partial charge on any atom is -0.489 e. The van der Waals surface area contributed by atoms with E-state index in [1.165, 1.54) is 27.5 Å². The number of carbonyl (C=O) groups excluding carboxylic acids is 1. The summed E-state index contributed by atoms with van der Waals surface area (Å²) in [6.45, 7) is 6.07. The van der Waals surface area contributed by atoms with Gasteiger partial charge in [-0.25, -0.2) is 0 Å². The van der Waals surface area contributed by atoms with Crippen LogP contribution in [-0.4, -0.2) is 30.4 Å². The Labute approximate surface area is 178 Å². The molecular formula is C26H30N2O2. The van der Waals surface area contributed by atoms with Crippen LogP contribution in [0.25, 0.3) is 10.8 Å². The van der Waals surface area contributed by atoms with Crippen molar-refractivity contribution in [1.29, 1.82) is 0 Å². The maximum Gasteiger partial charge on any atom is 0.222 e. The van der Waals surface area contributed by atoms with E-state index < -0.39 is 0 Å². The number of nitrogens with one attached hydrogen (secondary N) is 1. The second-order valence-corrected chi connectivity index (χ2v) is 7.99. The van der Waals surface area contributed by atoms with E-state index in [4.69, 9.17) is 4.74 Å². The van der Waals surface area contributed by atoms with Gasteiger partial charge in [0.2, 0.25) is 5.91 Å². The maximum atomic E-state index is 11.8. The first kappa shape index (κ1) is 20.4. The van der Waals surface area contributed by atoms with Crippen LogP contribution in [0.2, 0.25) is 0 Å². The van der Waals surface area contributed by atoms with Crippen LogP contribution in [0.15, 0.2) is 60.7 Å². The van der Waals surface area contributed by atoms with Gasteiger partial charge in [0.05, 0.1) is 0 Å². The molecule has 156 valence electrons. The molecule has 4 rings (SSSR count). The highest BCUT2D eigenvalue weighted by Gasteiger charge is 2.19. The summed E-state index contributed by atoms with van der Waals surface area (Å²) in [4.78, 5) is 13.7. The number of aryl methyl sites for hydroxylation is 1. The van der Waals surface area contributed by atoms with Gasteiger partial charge in [0.1, 0.15) is 12.4 Å². The van der Waals surface area contributed by atoms with Crippen molar-refractivity contribution >= 4 is 16.7 Å². The zero-order chi connectivity index (χ0) is 20.8. The number of benzene rings is 3. The molecule has 1 aliphatic heterocycles. The second kappa shape index (κ2) is 9.77. The number of nitrogens with zero attached hydrogens (tertiary/aromatic N) is 1. The molecule has 0 unspecified atom stereocenters. The molecule has 30 heavy (non-hydrogen) atoms. The lowest BCUT2D eigenvalue weighted by Crippen LogP contribution is -2.28. The van der Waals surface area contributed by atoms with Crippen LogP contribution < -0.4 is 10.1 Å². The maximum absolute atomic E-state index is 11.8. The van der Waals surface area contributed by atoms with Gasteiger partial charge in [0.25, 0.3) is 0 Å². The van der Waals surface area contributed by atoms with Gasteiger partial charge in [0.15, 0.2) is 0 Å². The SMILES string of the molecule is Cc1ccccc1COc1ccc2ccccc2c1CNCCCN1CCCC1=O. The third-order valence-electron chi connectivity index (χ3n) is 5.90. The van der Waals surface area contributed by atoms with Gasteiger partial charge in [-0.3, -0.25) is 4.79 Å². The Bertz CT molecular complexity index is 1010. The lowest BCUT2D eigenvalue weighted by Gasteiger charge is -2.17. The highest BCUT2D eigenvalue weighted by atomic mass is 16.5. The predicted octanol–water partition coefficient (Wildman–Crippen LogP) is 4.83. The number of likely N-dealkylation sites (tertiary alicyclic amines) is 1. The highest BCUT2D eigenvalue weighted by molar-refractivity contribution is 5.87. The summed E-state index contributed by atoms with van der Waals surface area (Å²) in [5, 5.41) is 6.01. The van der Waals surface area contributed by atoms with Crippen molar-refractivity contribution in [3.05, 3.63) is 77.4 Å². The molecule has 1 N–H and O–H groups in total. The largest absolute Gasteiger partial charge is 0.489 e. The van der Waals surface area contributed by atoms with Crippen LogP contribution in [0.5, 0.6) is 5.75 Å². The fraction of sp³-hybridized carbons (Fsp3) is 0.346. The van der Waals surface area contributed by atoms with E-state index in [1.807, 2.05) is 4.90 Å². The summed E-state index contributed by atoms with van der Waals surface area (Å²) in [7, 11) is 0. The van der Waals surface area contributed by atoms with Gasteiger partial charge < -0.3 is 15.0 Å². The average molecular weight is 403 g/mol. The minimum absolute atomic E-state index is 0.302. The summed E-state index contributed by atoms with van der Waals surface area (Å²) >= 11 is 0. The van der Waals surface area contributed by atoms with Crippen LogP contribution in [-0.2, 0) is 17.9 Å². The lowest BCUT2D eigenvalue weighted by atomic mass is 10.0. The van der Waals surface area contributed by atoms with Crippen LogP contribution in [0.4, 0.5) is 0 Å². The first-order valence-corrected chi connectivity index (χ1v) is 10.9. The van der Waals surface area contributed by atoms with Crippen molar-refractivity contribution in [2.45, 2.75) is 39.3 Å². The fourth-order valence-corrected chi connectivity index (χ4v) is 4.11. The molecule has 1 saturated heterocycles. The van der Waals surface area contributed by atoms with Crippen molar-refractivity contribution in [3.63, 3.8) is 0 Å². The molecular weight excluding hydrogens is 372 g/mol. The van der Waals surface area contributed by atoms with E-state index in [-0.39, 0.29) is 0 Å². The fourth-order valence-electron chi connectivity index (χ4n) is 4.11. The molecule has 4 heteroatoms. The zero-order valence-electron chi connectivity index (χ0n) is 17.7. The first-order valence-electron chi connectivity index (χ1n) is 10.9. The minimum atomic E-state index is 0.302. The molecule has 0 aliphatic carbocycles. The Morgan fingerprint density at radius 1 is 1.03 bits per heavy atom. The normalized spacial score (nSPS) is 13.9. The molecule has 3 aromatic carbocycles. The summed E-state index contributed by atoms with van der Waals surface area (Å²) in [6.07, 6.45) is 2.69. The third-order valence-corrected chi connectivity index (χ3v) is 5.90. The summed E-state index contributed by atoms with van der Waals surface area (Å²) in [5.41, 5.74) is 3.65. The van der Waals surface area contributed by atoms with Crippen molar-refractivity contribution in [2.75, 3.05) is 19.6 Å². The smallest absolute Gasteiger partial charge is 0.222 e. The van der Waals surface area contributed by atoms with E-state index in [0.717, 1.165) is 44.8 Å². The molecule has 1 heterocycles. The van der Waals surface area contributed by atoms with E-state index >= 15 is 0 Å². The first-order chi connectivity index (χ1) is 14.7. The molecule has 0 spiro atoms. The number of rotatable bonds is 9. The van der Waals surface area contributed by atoms with Gasteiger partial charge in [-0.15, -0.1) is 0 Å². The number of ether oxygens (including phenoxy) is 1. The van der Waals surface area contributed by atoms with Gasteiger partial charge in [-0.2, -0.15) is 0 Å². The van der Waals surface area contributed by atoms with Gasteiger partial charge >= 0.3 is 0 Å². The Hall–Kier alpha value is -2.85. The quantitative estimate of drug-likeness (QED) is 0.521. The molecule has 0 radical (unpaired) electrons. The summed E-state index contributed by atoms with van der Waals surface area (Å²) in [6, 6.07) is 21.0. The molecule has 1 aliphatic rings. The molecule has 0 atom stereocenters. The Balaban J connectivity index is 1.42. The number of fused-ring (bicyclic) bond motifs is 1. The standard InChI is InChI=1S/C26H30N2O2/c1-20-8-2-3-10-22(20)19-30-25-14-13-21-9-4-5-11-23(21)24(25)18-27-15-7-17-28-16-6-12-26(28)29/h2-5,8-11,13-14,27H,6-7,12,15-19H2,1H3.